The number of carbonyl (C=O) groups excluding carboxylic acids is 3. The van der Waals surface area contributed by atoms with Gasteiger partial charge in [-0.15, -0.1) is 0 Å². The maximum absolute atomic E-state index is 12.9. The molecule has 2 aliphatic rings. The third-order valence-electron chi connectivity index (χ3n) is 4.48. The smallest absolute Gasteiger partial charge is 0.279 e. The summed E-state index contributed by atoms with van der Waals surface area (Å²) in [6.07, 6.45) is -1.31. The van der Waals surface area contributed by atoms with Crippen molar-refractivity contribution in [1.29, 1.82) is 0 Å². The molecule has 0 aliphatic carbocycles. The van der Waals surface area contributed by atoms with Gasteiger partial charge >= 0.3 is 0 Å². The van der Waals surface area contributed by atoms with Gasteiger partial charge < -0.3 is 15.3 Å². The zero-order chi connectivity index (χ0) is 20.0. The molecule has 10 heteroatoms. The molecule has 28 heavy (non-hydrogen) atoms. The fourth-order valence-electron chi connectivity index (χ4n) is 3.17. The van der Waals surface area contributed by atoms with E-state index in [1.165, 1.54) is 48.5 Å². The molecule has 2 amide bonds. The summed E-state index contributed by atoms with van der Waals surface area (Å²) in [6.45, 7) is 0. The van der Waals surface area contributed by atoms with Crippen molar-refractivity contribution < 1.29 is 24.4 Å². The highest BCUT2D eigenvalue weighted by Gasteiger charge is 2.57. The molecular formula is C18H11ClN3O6-. The second-order valence-corrected chi connectivity index (χ2v) is 6.53. The number of para-hydroxylation sites is 2. The monoisotopic (exact) mass is 400 g/mol. The maximum Gasteiger partial charge on any atom is 0.279 e. The van der Waals surface area contributed by atoms with Gasteiger partial charge in [0.1, 0.15) is 11.6 Å². The van der Waals surface area contributed by atoms with E-state index >= 15 is 0 Å². The summed E-state index contributed by atoms with van der Waals surface area (Å²) < 4.78 is 0. The zero-order valence-corrected chi connectivity index (χ0v) is 14.7. The highest BCUT2D eigenvalue weighted by Crippen LogP contribution is 2.38. The van der Waals surface area contributed by atoms with Crippen molar-refractivity contribution in [2.24, 2.45) is 11.1 Å². The van der Waals surface area contributed by atoms with Crippen LogP contribution in [0.3, 0.4) is 0 Å². The first-order valence-electron chi connectivity index (χ1n) is 8.07. The predicted molar refractivity (Wildman–Crippen MR) is 98.1 cm³/mol. The lowest BCUT2D eigenvalue weighted by molar-refractivity contribution is -0.126. The first-order chi connectivity index (χ1) is 13.4. The van der Waals surface area contributed by atoms with Gasteiger partial charge in [-0.3, -0.25) is 19.6 Å². The molecule has 2 aliphatic heterocycles. The van der Waals surface area contributed by atoms with E-state index in [1.54, 1.807) is 0 Å². The lowest BCUT2D eigenvalue weighted by Crippen LogP contribution is -2.35. The lowest BCUT2D eigenvalue weighted by atomic mass is 9.93. The molecular weight excluding hydrogens is 390 g/mol. The van der Waals surface area contributed by atoms with Gasteiger partial charge in [0, 0.05) is 10.6 Å². The number of benzene rings is 2. The fraction of sp³-hybridized carbons (Fsp3) is 0.111. The van der Waals surface area contributed by atoms with Crippen molar-refractivity contribution in [3.05, 3.63) is 64.3 Å². The Morgan fingerprint density at radius 3 is 2.50 bits per heavy atom. The number of imide groups is 1. The van der Waals surface area contributed by atoms with Gasteiger partial charge in [-0.2, -0.15) is 0 Å². The number of fused-ring (bicyclic) bond motifs is 1. The van der Waals surface area contributed by atoms with E-state index in [-0.39, 0.29) is 22.6 Å². The van der Waals surface area contributed by atoms with Crippen molar-refractivity contribution in [2.75, 3.05) is 10.1 Å². The Hall–Kier alpha value is -3.27. The third-order valence-corrected chi connectivity index (χ3v) is 4.73. The molecule has 2 atom stereocenters. The van der Waals surface area contributed by atoms with Gasteiger partial charge in [0.25, 0.3) is 5.91 Å². The van der Waals surface area contributed by atoms with Crippen LogP contribution in [0.1, 0.15) is 10.4 Å². The van der Waals surface area contributed by atoms with Crippen LogP contribution in [0.5, 0.6) is 0 Å². The number of ketones is 1. The number of Topliss-reactive ketones (excluding diaryl/α,β-unsaturated/α-hetero) is 1. The lowest BCUT2D eigenvalue weighted by Gasteiger charge is -2.27. The van der Waals surface area contributed by atoms with Crippen molar-refractivity contribution in [2.45, 2.75) is 6.10 Å². The highest BCUT2D eigenvalue weighted by atomic mass is 35.5. The van der Waals surface area contributed by atoms with Crippen LogP contribution in [0.25, 0.3) is 0 Å². The Labute approximate surface area is 162 Å². The summed E-state index contributed by atoms with van der Waals surface area (Å²) in [7, 11) is 0. The minimum Gasteiger partial charge on any atom is -0.733 e. The second kappa shape index (κ2) is 6.71. The average molecular weight is 401 g/mol. The molecule has 0 bridgehead atoms. The van der Waals surface area contributed by atoms with Crippen LogP contribution in [0.4, 0.5) is 11.4 Å². The molecule has 2 aromatic rings. The molecule has 4 rings (SSSR count). The minimum atomic E-state index is -1.31. The Morgan fingerprint density at radius 1 is 1.14 bits per heavy atom. The standard InChI is InChI=1S/C18H11ClN3O6/c19-10-7-5-9(6-8-10)15(23)14-13-16(28-20-14)18(25)21(17(13)24)11-3-1-2-4-12(11)22(26)27/h1-8,13,16,26H/q-1. The Bertz CT molecular complexity index is 1020. The first-order valence-corrected chi connectivity index (χ1v) is 8.45. The number of carbonyl (C=O) groups is 3. The topological polar surface area (TPSA) is 123 Å². The summed E-state index contributed by atoms with van der Waals surface area (Å²) in [4.78, 5) is 44.2. The molecule has 0 aromatic heterocycles. The van der Waals surface area contributed by atoms with Crippen LogP contribution in [0, 0.1) is 11.1 Å². The van der Waals surface area contributed by atoms with Crippen LogP contribution in [-0.2, 0) is 14.4 Å². The van der Waals surface area contributed by atoms with Gasteiger partial charge in [0.15, 0.2) is 0 Å². The SMILES string of the molecule is O=C(C1=NOC2C(=O)N(c3ccccc3N([O-])O)C(=O)C12)c1ccc(Cl)cc1. The third kappa shape index (κ3) is 2.73. The van der Waals surface area contributed by atoms with Crippen LogP contribution in [0.2, 0.25) is 5.02 Å². The Morgan fingerprint density at radius 2 is 1.82 bits per heavy atom. The van der Waals surface area contributed by atoms with Crippen LogP contribution in [0.15, 0.2) is 53.7 Å². The highest BCUT2D eigenvalue weighted by molar-refractivity contribution is 6.52. The maximum atomic E-state index is 12.9. The normalized spacial score (nSPS) is 20.7. The molecule has 1 saturated heterocycles. The van der Waals surface area contributed by atoms with Crippen molar-refractivity contribution in [3.63, 3.8) is 0 Å². The van der Waals surface area contributed by atoms with Crippen molar-refractivity contribution in [1.82, 2.24) is 0 Å². The molecule has 2 aromatic carbocycles. The van der Waals surface area contributed by atoms with E-state index in [0.717, 1.165) is 4.90 Å². The number of hydrogen-bond donors (Lipinski definition) is 1. The summed E-state index contributed by atoms with van der Waals surface area (Å²) >= 11 is 5.81. The van der Waals surface area contributed by atoms with Gasteiger partial charge in [-0.05, 0) is 36.4 Å². The molecule has 1 N–H and O–H groups in total. The van der Waals surface area contributed by atoms with E-state index in [0.29, 0.717) is 5.02 Å². The number of halogens is 1. The summed E-state index contributed by atoms with van der Waals surface area (Å²) in [5.41, 5.74) is -0.404. The van der Waals surface area contributed by atoms with E-state index in [2.05, 4.69) is 5.16 Å². The van der Waals surface area contributed by atoms with Crippen molar-refractivity contribution >= 4 is 46.3 Å². The minimum absolute atomic E-state index is 0.119. The van der Waals surface area contributed by atoms with Gasteiger partial charge in [0.05, 0.1) is 11.4 Å². The van der Waals surface area contributed by atoms with Gasteiger partial charge in [0.2, 0.25) is 17.8 Å². The Kier molecular flexibility index (Phi) is 4.34. The summed E-state index contributed by atoms with van der Waals surface area (Å²) in [5, 5.41) is 24.3. The number of rotatable bonds is 4. The predicted octanol–water partition coefficient (Wildman–Crippen LogP) is 2.16. The molecule has 2 unspecified atom stereocenters. The van der Waals surface area contributed by atoms with Crippen LogP contribution >= 0.6 is 11.6 Å². The van der Waals surface area contributed by atoms with E-state index in [1.807, 2.05) is 0 Å². The number of oxime groups is 1. The molecule has 9 nitrogen and oxygen atoms in total. The van der Waals surface area contributed by atoms with Crippen LogP contribution < -0.4 is 10.1 Å². The van der Waals surface area contributed by atoms with E-state index in [4.69, 9.17) is 16.4 Å². The number of anilines is 2. The van der Waals surface area contributed by atoms with E-state index in [9.17, 15) is 24.8 Å². The molecule has 142 valence electrons. The van der Waals surface area contributed by atoms with E-state index < -0.39 is 34.8 Å². The molecule has 2 heterocycles. The van der Waals surface area contributed by atoms with Gasteiger partial charge in [-0.25, -0.2) is 4.90 Å². The quantitative estimate of drug-likeness (QED) is 0.474. The largest absolute Gasteiger partial charge is 0.733 e. The number of amides is 2. The van der Waals surface area contributed by atoms with Crippen LogP contribution in [-0.4, -0.2) is 34.6 Å². The fourth-order valence-corrected chi connectivity index (χ4v) is 3.29. The first kappa shape index (κ1) is 18.1. The summed E-state index contributed by atoms with van der Waals surface area (Å²) in [5.74, 6) is -3.38. The molecule has 0 spiro atoms. The number of hydrogen-bond acceptors (Lipinski definition) is 8. The van der Waals surface area contributed by atoms with Crippen molar-refractivity contribution in [3.8, 4) is 0 Å². The zero-order valence-electron chi connectivity index (χ0n) is 14.0. The average Bonchev–Trinajstić information content (AvgIpc) is 3.22. The number of nitrogens with zero attached hydrogens (tertiary/aromatic N) is 3. The van der Waals surface area contributed by atoms with Gasteiger partial charge in [-0.1, -0.05) is 28.9 Å². The molecule has 0 saturated carbocycles. The second-order valence-electron chi connectivity index (χ2n) is 6.09. The summed E-state index contributed by atoms with van der Waals surface area (Å²) in [6, 6.07) is 11.5. The molecule has 1 fully saturated rings. The Balaban J connectivity index is 1.69. The molecule has 0 radical (unpaired) electrons.